The predicted molar refractivity (Wildman–Crippen MR) is 182 cm³/mol. The zero-order valence-corrected chi connectivity index (χ0v) is 31.3. The Kier molecular flexibility index (Phi) is 8.76. The molecule has 51 heavy (non-hydrogen) atoms. The number of ether oxygens (including phenoxy) is 4. The first-order valence-corrected chi connectivity index (χ1v) is 19.0. The SMILES string of the molecule is C/C=C(/C)C(=O)O[C@H]1CC[C@@]2(C)[C@@H]3C[C@@H](OC(C)=O)[C@H]4[C@@]5(O)[C@@H](C[C@@]42O[C@@]13O)[C@@H]1CN2C[C@@H](C)CC[C@H]2[C@@](C)(O)[C@H]1[C@@H](O)[C@@H]5OC(=O)/C(C)=C\C. The van der Waals surface area contributed by atoms with Gasteiger partial charge in [0.05, 0.1) is 23.2 Å². The highest BCUT2D eigenvalue weighted by Gasteiger charge is 2.87. The van der Waals surface area contributed by atoms with E-state index in [1.807, 2.05) is 6.92 Å². The molecular weight excluding hydrogens is 658 g/mol. The number of piperidine rings is 2. The minimum atomic E-state index is -2.00. The summed E-state index contributed by atoms with van der Waals surface area (Å²) >= 11 is 0. The van der Waals surface area contributed by atoms with Crippen molar-refractivity contribution in [1.29, 1.82) is 0 Å². The molecule has 16 atom stereocenters. The molecule has 3 aliphatic heterocycles. The van der Waals surface area contributed by atoms with Gasteiger partial charge in [0.1, 0.15) is 11.7 Å². The summed E-state index contributed by atoms with van der Waals surface area (Å²) in [7, 11) is 0. The Morgan fingerprint density at radius 3 is 2.18 bits per heavy atom. The number of fused-ring (bicyclic) bond motifs is 5. The highest BCUT2D eigenvalue weighted by Crippen LogP contribution is 2.77. The average Bonchev–Trinajstić information content (AvgIpc) is 3.33. The van der Waals surface area contributed by atoms with Crippen LogP contribution in [0.2, 0.25) is 0 Å². The van der Waals surface area contributed by atoms with Gasteiger partial charge in [0, 0.05) is 54.5 Å². The first-order valence-electron chi connectivity index (χ1n) is 19.0. The maximum atomic E-state index is 13.6. The molecule has 4 saturated carbocycles. The molecule has 12 nitrogen and oxygen atoms in total. The van der Waals surface area contributed by atoms with Gasteiger partial charge in [-0.2, -0.15) is 0 Å². The Hall–Kier alpha value is -2.35. The third kappa shape index (κ3) is 4.88. The van der Waals surface area contributed by atoms with Crippen LogP contribution in [0.25, 0.3) is 0 Å². The molecule has 4 bridgehead atoms. The minimum absolute atomic E-state index is 0.0901. The molecule has 12 heteroatoms. The summed E-state index contributed by atoms with van der Waals surface area (Å²) in [5.41, 5.74) is -4.85. The average molecular weight is 716 g/mol. The number of esters is 3. The molecule has 284 valence electrons. The first kappa shape index (κ1) is 37.0. The highest BCUT2D eigenvalue weighted by atomic mass is 16.7. The van der Waals surface area contributed by atoms with Crippen molar-refractivity contribution in [2.45, 2.75) is 147 Å². The van der Waals surface area contributed by atoms with Crippen LogP contribution >= 0.6 is 0 Å². The fourth-order valence-corrected chi connectivity index (χ4v) is 12.6. The fraction of sp³-hybridized carbons (Fsp3) is 0.821. The molecule has 1 spiro atoms. The van der Waals surface area contributed by atoms with Gasteiger partial charge in [-0.15, -0.1) is 0 Å². The molecule has 0 amide bonds. The monoisotopic (exact) mass is 715 g/mol. The Balaban J connectivity index is 1.40. The fourth-order valence-electron chi connectivity index (χ4n) is 12.6. The van der Waals surface area contributed by atoms with Crippen LogP contribution in [0, 0.1) is 40.9 Å². The van der Waals surface area contributed by atoms with Crippen LogP contribution in [0.3, 0.4) is 0 Å². The van der Waals surface area contributed by atoms with Crippen molar-refractivity contribution >= 4 is 17.9 Å². The maximum absolute atomic E-state index is 13.6. The molecule has 0 radical (unpaired) electrons. The van der Waals surface area contributed by atoms with Crippen molar-refractivity contribution in [3.63, 3.8) is 0 Å². The maximum Gasteiger partial charge on any atom is 0.333 e. The summed E-state index contributed by atoms with van der Waals surface area (Å²) in [4.78, 5) is 41.8. The number of hydrogen-bond donors (Lipinski definition) is 4. The van der Waals surface area contributed by atoms with Crippen molar-refractivity contribution in [2.24, 2.45) is 40.9 Å². The van der Waals surface area contributed by atoms with E-state index in [-0.39, 0.29) is 24.5 Å². The molecule has 3 saturated heterocycles. The molecule has 0 unspecified atom stereocenters. The summed E-state index contributed by atoms with van der Waals surface area (Å²) in [5, 5.41) is 51.3. The van der Waals surface area contributed by atoms with E-state index in [2.05, 4.69) is 11.8 Å². The lowest BCUT2D eigenvalue weighted by Gasteiger charge is -2.64. The Morgan fingerprint density at radius 2 is 1.55 bits per heavy atom. The molecule has 4 N–H and O–H groups in total. The van der Waals surface area contributed by atoms with E-state index in [4.69, 9.17) is 18.9 Å². The van der Waals surface area contributed by atoms with Crippen molar-refractivity contribution < 1.29 is 53.8 Å². The number of aliphatic hydroxyl groups excluding tert-OH is 1. The van der Waals surface area contributed by atoms with Gasteiger partial charge in [-0.05, 0) is 90.9 Å². The standard InChI is InChI=1S/C39H57NO11/c1-9-20(4)33(43)49-28-13-14-35(7)26-15-25(48-22(6)41)31-37(35,51-39(26,28)47)16-24-23-18-40-17-19(3)11-12-27(40)36(8,45)29(23)30(42)32(38(24,31)46)50-34(44)21(5)10-2/h9-10,19,23-32,42,45-47H,11-18H2,1-8H3/b20-9-,21-10-/t19-,23-,24-,25+,26-,27-,28-,29+,30+,31+,32-,35-,36+,37+,38-,39+/m0/s1. The smallest absolute Gasteiger partial charge is 0.333 e. The third-order valence-corrected chi connectivity index (χ3v) is 15.1. The summed E-state index contributed by atoms with van der Waals surface area (Å²) in [6, 6.07) is -0.235. The Labute approximate surface area is 300 Å². The van der Waals surface area contributed by atoms with Crippen LogP contribution in [-0.2, 0) is 33.3 Å². The van der Waals surface area contributed by atoms with Crippen molar-refractivity contribution in [3.8, 4) is 0 Å². The lowest BCUT2D eigenvalue weighted by atomic mass is 9.49. The molecule has 3 heterocycles. The normalized spacial score (nSPS) is 51.8. The van der Waals surface area contributed by atoms with Crippen LogP contribution in [0.15, 0.2) is 23.3 Å². The summed E-state index contributed by atoms with van der Waals surface area (Å²) in [5.74, 6) is -7.05. The van der Waals surface area contributed by atoms with Gasteiger partial charge in [0.2, 0.25) is 5.79 Å². The molecule has 0 aromatic heterocycles. The lowest BCUT2D eigenvalue weighted by molar-refractivity contribution is -0.299. The van der Waals surface area contributed by atoms with E-state index >= 15 is 0 Å². The third-order valence-electron chi connectivity index (χ3n) is 15.1. The quantitative estimate of drug-likeness (QED) is 0.187. The zero-order chi connectivity index (χ0) is 37.2. The van der Waals surface area contributed by atoms with Crippen LogP contribution < -0.4 is 0 Å². The van der Waals surface area contributed by atoms with Gasteiger partial charge in [-0.25, -0.2) is 9.59 Å². The first-order chi connectivity index (χ1) is 23.8. The van der Waals surface area contributed by atoms with E-state index < -0.39 is 99.9 Å². The molecule has 0 aromatic carbocycles. The van der Waals surface area contributed by atoms with Crippen molar-refractivity contribution in [1.82, 2.24) is 4.90 Å². The van der Waals surface area contributed by atoms with E-state index in [9.17, 15) is 34.8 Å². The highest BCUT2D eigenvalue weighted by molar-refractivity contribution is 5.88. The van der Waals surface area contributed by atoms with Gasteiger partial charge in [-0.1, -0.05) is 26.0 Å². The van der Waals surface area contributed by atoms with Gasteiger partial charge in [-0.3, -0.25) is 9.69 Å². The molecule has 7 rings (SSSR count). The number of rotatable bonds is 5. The molecule has 0 aromatic rings. The van der Waals surface area contributed by atoms with Crippen molar-refractivity contribution in [3.05, 3.63) is 23.3 Å². The Bertz CT molecular complexity index is 1540. The van der Waals surface area contributed by atoms with Crippen LogP contribution in [-0.4, -0.2) is 109 Å². The minimum Gasteiger partial charge on any atom is -0.462 e. The largest absolute Gasteiger partial charge is 0.462 e. The second kappa shape index (κ2) is 12.1. The second-order valence-corrected chi connectivity index (χ2v) is 17.5. The van der Waals surface area contributed by atoms with E-state index in [1.165, 1.54) is 6.92 Å². The lowest BCUT2D eigenvalue weighted by Crippen LogP contribution is -2.77. The van der Waals surface area contributed by atoms with Gasteiger partial charge in [0.15, 0.2) is 12.2 Å². The van der Waals surface area contributed by atoms with Gasteiger partial charge in [0.25, 0.3) is 0 Å². The van der Waals surface area contributed by atoms with Gasteiger partial charge >= 0.3 is 17.9 Å². The predicted octanol–water partition coefficient (Wildman–Crippen LogP) is 2.79. The molecule has 7 aliphatic rings. The molecule has 4 aliphatic carbocycles. The molecule has 7 fully saturated rings. The van der Waals surface area contributed by atoms with Gasteiger partial charge < -0.3 is 39.4 Å². The van der Waals surface area contributed by atoms with E-state index in [0.717, 1.165) is 19.4 Å². The number of hydrogen-bond acceptors (Lipinski definition) is 12. The number of aliphatic hydroxyl groups is 4. The summed E-state index contributed by atoms with van der Waals surface area (Å²) in [6.45, 7) is 15.2. The number of nitrogens with zero attached hydrogens (tertiary/aromatic N) is 1. The number of allylic oxidation sites excluding steroid dienone is 2. The topological polar surface area (TPSA) is 172 Å². The summed E-state index contributed by atoms with van der Waals surface area (Å²) in [6.07, 6.45) is 0.956. The van der Waals surface area contributed by atoms with Crippen LogP contribution in [0.4, 0.5) is 0 Å². The molecular formula is C39H57NO11. The number of carbonyl (C=O) groups excluding carboxylic acids is 3. The Morgan fingerprint density at radius 1 is 0.902 bits per heavy atom. The van der Waals surface area contributed by atoms with Crippen LogP contribution in [0.5, 0.6) is 0 Å². The van der Waals surface area contributed by atoms with E-state index in [1.54, 1.807) is 46.8 Å². The van der Waals surface area contributed by atoms with Crippen molar-refractivity contribution in [2.75, 3.05) is 13.1 Å². The van der Waals surface area contributed by atoms with Crippen LogP contribution in [0.1, 0.15) is 93.9 Å². The second-order valence-electron chi connectivity index (χ2n) is 17.5. The number of carbonyl (C=O) groups is 3. The van der Waals surface area contributed by atoms with E-state index in [0.29, 0.717) is 30.9 Å². The summed E-state index contributed by atoms with van der Waals surface area (Å²) < 4.78 is 25.2. The zero-order valence-electron chi connectivity index (χ0n) is 31.3.